The number of nitrogens with one attached hydrogen (secondary N) is 1. The molecule has 0 bridgehead atoms. The Morgan fingerprint density at radius 3 is 2.47 bits per heavy atom. The van der Waals surface area contributed by atoms with Gasteiger partial charge in [0.2, 0.25) is 0 Å². The van der Waals surface area contributed by atoms with Gasteiger partial charge in [-0.15, -0.1) is 0 Å². The van der Waals surface area contributed by atoms with E-state index in [0.717, 1.165) is 6.54 Å². The van der Waals surface area contributed by atoms with Crippen molar-refractivity contribution < 1.29 is 0 Å². The summed E-state index contributed by atoms with van der Waals surface area (Å²) in [4.78, 5) is 0. The Balaban J connectivity index is 1.95. The first-order valence-electron chi connectivity index (χ1n) is 7.18. The molecule has 1 heterocycles. The largest absolute Gasteiger partial charge is 0.385 e. The monoisotopic (exact) mass is 251 g/mol. The highest BCUT2D eigenvalue weighted by molar-refractivity contribution is 5.57. The molecule has 1 nitrogen and oxygen atoms in total. The van der Waals surface area contributed by atoms with Crippen molar-refractivity contribution in [1.82, 2.24) is 0 Å². The second-order valence-electron chi connectivity index (χ2n) is 5.68. The molecule has 98 valence electrons. The van der Waals surface area contributed by atoms with E-state index >= 15 is 0 Å². The highest BCUT2D eigenvalue weighted by atomic mass is 14.9. The number of fused-ring (bicyclic) bond motifs is 1. The predicted octanol–water partition coefficient (Wildman–Crippen LogP) is 4.76. The lowest BCUT2D eigenvalue weighted by molar-refractivity contribution is 0.719. The van der Waals surface area contributed by atoms with Gasteiger partial charge >= 0.3 is 0 Å². The van der Waals surface area contributed by atoms with Crippen LogP contribution >= 0.6 is 0 Å². The quantitative estimate of drug-likeness (QED) is 0.811. The van der Waals surface area contributed by atoms with Crippen LogP contribution in [0.15, 0.2) is 48.5 Å². The average molecular weight is 251 g/mol. The van der Waals surface area contributed by atoms with Crippen molar-refractivity contribution in [3.8, 4) is 0 Å². The van der Waals surface area contributed by atoms with Gasteiger partial charge < -0.3 is 5.32 Å². The van der Waals surface area contributed by atoms with Gasteiger partial charge in [-0.1, -0.05) is 56.3 Å². The number of benzene rings is 2. The van der Waals surface area contributed by atoms with Gasteiger partial charge in [0, 0.05) is 18.2 Å². The van der Waals surface area contributed by atoms with Crippen molar-refractivity contribution in [3.05, 3.63) is 65.2 Å². The van der Waals surface area contributed by atoms with Gasteiger partial charge in [0.05, 0.1) is 0 Å². The third-order valence-electron chi connectivity index (χ3n) is 4.09. The molecular weight excluding hydrogens is 230 g/mol. The molecule has 0 saturated heterocycles. The van der Waals surface area contributed by atoms with Crippen LogP contribution < -0.4 is 5.32 Å². The summed E-state index contributed by atoms with van der Waals surface area (Å²) in [5, 5.41) is 3.49. The topological polar surface area (TPSA) is 12.0 Å². The highest BCUT2D eigenvalue weighted by Crippen LogP contribution is 2.36. The van der Waals surface area contributed by atoms with Crippen LogP contribution in [0.2, 0.25) is 0 Å². The van der Waals surface area contributed by atoms with E-state index in [1.54, 1.807) is 0 Å². The summed E-state index contributed by atoms with van der Waals surface area (Å²) < 4.78 is 0. The van der Waals surface area contributed by atoms with E-state index in [1.807, 2.05) is 0 Å². The first-order chi connectivity index (χ1) is 9.25. The van der Waals surface area contributed by atoms with Gasteiger partial charge in [0.25, 0.3) is 0 Å². The molecule has 2 aromatic carbocycles. The number of rotatable bonds is 2. The van der Waals surface area contributed by atoms with E-state index < -0.39 is 0 Å². The third kappa shape index (κ3) is 2.37. The van der Waals surface area contributed by atoms with Crippen LogP contribution in [0.5, 0.6) is 0 Å². The molecule has 1 unspecified atom stereocenters. The Kier molecular flexibility index (Phi) is 3.29. The molecule has 3 rings (SSSR count). The van der Waals surface area contributed by atoms with Gasteiger partial charge in [-0.25, -0.2) is 0 Å². The minimum Gasteiger partial charge on any atom is -0.385 e. The SMILES string of the molecule is CC(C)c1ccc(C2CCNc3ccccc32)cc1. The van der Waals surface area contributed by atoms with Gasteiger partial charge in [-0.3, -0.25) is 0 Å². The Morgan fingerprint density at radius 1 is 1.00 bits per heavy atom. The van der Waals surface area contributed by atoms with Crippen LogP contribution in [-0.2, 0) is 0 Å². The molecule has 1 aliphatic heterocycles. The average Bonchev–Trinajstić information content (AvgIpc) is 2.47. The Hall–Kier alpha value is -1.76. The minimum absolute atomic E-state index is 0.540. The molecule has 1 heteroatoms. The number of anilines is 1. The van der Waals surface area contributed by atoms with E-state index in [1.165, 1.54) is 28.8 Å². The maximum absolute atomic E-state index is 3.49. The second kappa shape index (κ2) is 5.08. The Labute approximate surface area is 115 Å². The maximum Gasteiger partial charge on any atom is 0.0379 e. The maximum atomic E-state index is 3.49. The molecule has 0 spiro atoms. The highest BCUT2D eigenvalue weighted by Gasteiger charge is 2.20. The number of hydrogen-bond acceptors (Lipinski definition) is 1. The third-order valence-corrected chi connectivity index (χ3v) is 4.09. The summed E-state index contributed by atoms with van der Waals surface area (Å²) in [6.45, 7) is 5.55. The van der Waals surface area contributed by atoms with E-state index in [4.69, 9.17) is 0 Å². The fourth-order valence-electron chi connectivity index (χ4n) is 2.93. The predicted molar refractivity (Wildman–Crippen MR) is 81.9 cm³/mol. The normalized spacial score (nSPS) is 17.9. The van der Waals surface area contributed by atoms with Crippen molar-refractivity contribution >= 4 is 5.69 Å². The smallest absolute Gasteiger partial charge is 0.0379 e. The van der Waals surface area contributed by atoms with Crippen LogP contribution in [0.1, 0.15) is 48.8 Å². The van der Waals surface area contributed by atoms with Crippen LogP contribution in [0.3, 0.4) is 0 Å². The van der Waals surface area contributed by atoms with Crippen molar-refractivity contribution in [3.63, 3.8) is 0 Å². The van der Waals surface area contributed by atoms with Crippen molar-refractivity contribution in [2.24, 2.45) is 0 Å². The van der Waals surface area contributed by atoms with Crippen LogP contribution in [0.25, 0.3) is 0 Å². The Morgan fingerprint density at radius 2 is 1.74 bits per heavy atom. The summed E-state index contributed by atoms with van der Waals surface area (Å²) in [5.41, 5.74) is 5.60. The molecule has 19 heavy (non-hydrogen) atoms. The zero-order valence-electron chi connectivity index (χ0n) is 11.7. The standard InChI is InChI=1S/C18H21N/c1-13(2)14-7-9-15(10-8-14)16-11-12-19-18-6-4-3-5-17(16)18/h3-10,13,16,19H,11-12H2,1-2H3. The molecule has 1 N–H and O–H groups in total. The van der Waals surface area contributed by atoms with Gasteiger partial charge in [-0.2, -0.15) is 0 Å². The van der Waals surface area contributed by atoms with Crippen LogP contribution in [0, 0.1) is 0 Å². The fraction of sp³-hybridized carbons (Fsp3) is 0.333. The molecular formula is C18H21N. The van der Waals surface area contributed by atoms with Crippen LogP contribution in [-0.4, -0.2) is 6.54 Å². The molecule has 0 saturated carbocycles. The summed E-state index contributed by atoms with van der Waals surface area (Å²) in [6, 6.07) is 17.9. The zero-order valence-corrected chi connectivity index (χ0v) is 11.7. The molecule has 0 amide bonds. The van der Waals surface area contributed by atoms with Gasteiger partial charge in [0.1, 0.15) is 0 Å². The number of hydrogen-bond donors (Lipinski definition) is 1. The van der Waals surface area contributed by atoms with Crippen molar-refractivity contribution in [1.29, 1.82) is 0 Å². The molecule has 1 aliphatic rings. The molecule has 2 aromatic rings. The van der Waals surface area contributed by atoms with E-state index in [0.29, 0.717) is 11.8 Å². The fourth-order valence-corrected chi connectivity index (χ4v) is 2.93. The molecule has 1 atom stereocenters. The number of para-hydroxylation sites is 1. The summed E-state index contributed by atoms with van der Waals surface area (Å²) in [7, 11) is 0. The summed E-state index contributed by atoms with van der Waals surface area (Å²) in [6.07, 6.45) is 1.18. The minimum atomic E-state index is 0.540. The lowest BCUT2D eigenvalue weighted by Crippen LogP contribution is -2.17. The summed E-state index contributed by atoms with van der Waals surface area (Å²) in [5.74, 6) is 1.15. The van der Waals surface area contributed by atoms with Gasteiger partial charge in [-0.05, 0) is 35.1 Å². The lowest BCUT2D eigenvalue weighted by atomic mass is 9.84. The summed E-state index contributed by atoms with van der Waals surface area (Å²) >= 11 is 0. The van der Waals surface area contributed by atoms with Crippen LogP contribution in [0.4, 0.5) is 5.69 Å². The first-order valence-corrected chi connectivity index (χ1v) is 7.18. The van der Waals surface area contributed by atoms with E-state index in [9.17, 15) is 0 Å². The molecule has 0 radical (unpaired) electrons. The van der Waals surface area contributed by atoms with Crippen molar-refractivity contribution in [2.75, 3.05) is 11.9 Å². The first kappa shape index (κ1) is 12.3. The second-order valence-corrected chi connectivity index (χ2v) is 5.68. The zero-order chi connectivity index (χ0) is 13.2. The Bertz CT molecular complexity index is 554. The molecule has 0 fully saturated rings. The lowest BCUT2D eigenvalue weighted by Gasteiger charge is -2.27. The molecule has 0 aromatic heterocycles. The molecule has 0 aliphatic carbocycles. The van der Waals surface area contributed by atoms with Crippen molar-refractivity contribution in [2.45, 2.75) is 32.1 Å². The van der Waals surface area contributed by atoms with E-state index in [-0.39, 0.29) is 0 Å². The van der Waals surface area contributed by atoms with Gasteiger partial charge in [0.15, 0.2) is 0 Å². The van der Waals surface area contributed by atoms with E-state index in [2.05, 4.69) is 67.7 Å².